The summed E-state index contributed by atoms with van der Waals surface area (Å²) in [7, 11) is 0. The quantitative estimate of drug-likeness (QED) is 0.799. The van der Waals surface area contributed by atoms with Gasteiger partial charge in [-0.15, -0.1) is 0 Å². The van der Waals surface area contributed by atoms with Crippen molar-refractivity contribution >= 4 is 11.8 Å². The summed E-state index contributed by atoms with van der Waals surface area (Å²) in [6, 6.07) is 6.88. The van der Waals surface area contributed by atoms with Crippen molar-refractivity contribution in [3.05, 3.63) is 41.5 Å². The van der Waals surface area contributed by atoms with Crippen molar-refractivity contribution in [1.82, 2.24) is 4.90 Å². The van der Waals surface area contributed by atoms with E-state index < -0.39 is 11.5 Å². The van der Waals surface area contributed by atoms with E-state index in [2.05, 4.69) is 0 Å². The number of nitrogens with two attached hydrogens (primary N) is 1. The molecule has 24 heavy (non-hydrogen) atoms. The van der Waals surface area contributed by atoms with Gasteiger partial charge in [0.1, 0.15) is 12.4 Å². The second kappa shape index (κ2) is 7.49. The fourth-order valence-corrected chi connectivity index (χ4v) is 2.62. The number of rotatable bonds is 5. The molecule has 2 amide bonds. The Morgan fingerprint density at radius 2 is 2.17 bits per heavy atom. The summed E-state index contributed by atoms with van der Waals surface area (Å²) < 4.78 is 5.60. The van der Waals surface area contributed by atoms with E-state index in [1.165, 1.54) is 4.90 Å². The molecule has 130 valence electrons. The second-order valence-corrected chi connectivity index (χ2v) is 6.35. The van der Waals surface area contributed by atoms with Crippen LogP contribution in [0.3, 0.4) is 0 Å². The number of carbonyl (C=O) groups is 2. The van der Waals surface area contributed by atoms with Crippen molar-refractivity contribution in [3.63, 3.8) is 0 Å². The molecular weight excluding hydrogens is 308 g/mol. The number of benzene rings is 1. The van der Waals surface area contributed by atoms with Crippen LogP contribution in [-0.4, -0.2) is 47.1 Å². The molecule has 0 unspecified atom stereocenters. The predicted octanol–water partition coefficient (Wildman–Crippen LogP) is 1.48. The number of piperidine rings is 1. The van der Waals surface area contributed by atoms with Gasteiger partial charge in [0.15, 0.2) is 5.60 Å². The first-order valence-corrected chi connectivity index (χ1v) is 7.99. The van der Waals surface area contributed by atoms with Crippen LogP contribution in [0.2, 0.25) is 0 Å². The van der Waals surface area contributed by atoms with Gasteiger partial charge in [0.05, 0.1) is 6.54 Å². The highest BCUT2D eigenvalue weighted by Crippen LogP contribution is 2.23. The minimum atomic E-state index is -1.65. The van der Waals surface area contributed by atoms with E-state index in [0.717, 1.165) is 5.57 Å². The zero-order valence-electron chi connectivity index (χ0n) is 14.1. The van der Waals surface area contributed by atoms with Crippen LogP contribution in [-0.2, 0) is 4.79 Å². The van der Waals surface area contributed by atoms with Crippen molar-refractivity contribution in [2.45, 2.75) is 32.3 Å². The molecule has 1 heterocycles. The van der Waals surface area contributed by atoms with Crippen LogP contribution in [0.25, 0.3) is 0 Å². The summed E-state index contributed by atoms with van der Waals surface area (Å²) in [4.78, 5) is 25.5. The van der Waals surface area contributed by atoms with Gasteiger partial charge < -0.3 is 20.5 Å². The van der Waals surface area contributed by atoms with Gasteiger partial charge in [0, 0.05) is 12.1 Å². The zero-order chi connectivity index (χ0) is 17.7. The molecule has 1 aromatic carbocycles. The number of carbonyl (C=O) groups excluding carboxylic acids is 2. The lowest BCUT2D eigenvalue weighted by atomic mass is 9.92. The lowest BCUT2D eigenvalue weighted by molar-refractivity contribution is -0.140. The summed E-state index contributed by atoms with van der Waals surface area (Å²) in [6.07, 6.45) is 2.76. The molecule has 0 bridgehead atoms. The third kappa shape index (κ3) is 4.35. The normalized spacial score (nSPS) is 20.4. The Balaban J connectivity index is 2.09. The van der Waals surface area contributed by atoms with Gasteiger partial charge >= 0.3 is 0 Å². The molecule has 0 aromatic heterocycles. The molecule has 3 N–H and O–H groups in total. The average Bonchev–Trinajstić information content (AvgIpc) is 2.54. The molecule has 0 radical (unpaired) electrons. The number of nitrogens with zero attached hydrogens (tertiary/aromatic N) is 1. The van der Waals surface area contributed by atoms with Crippen LogP contribution in [0.5, 0.6) is 5.75 Å². The number of hydrogen-bond donors (Lipinski definition) is 2. The molecule has 1 aliphatic heterocycles. The van der Waals surface area contributed by atoms with E-state index in [9.17, 15) is 14.7 Å². The summed E-state index contributed by atoms with van der Waals surface area (Å²) in [5.74, 6) is -0.443. The summed E-state index contributed by atoms with van der Waals surface area (Å²) in [5, 5.41) is 10.2. The maximum absolute atomic E-state index is 12.6. The first-order valence-electron chi connectivity index (χ1n) is 7.99. The number of aliphatic hydroxyl groups is 1. The Morgan fingerprint density at radius 1 is 1.42 bits per heavy atom. The van der Waals surface area contributed by atoms with E-state index in [-0.39, 0.29) is 18.9 Å². The average molecular weight is 332 g/mol. The molecule has 1 fully saturated rings. The van der Waals surface area contributed by atoms with Crippen LogP contribution in [0.4, 0.5) is 0 Å². The molecule has 2 rings (SSSR count). The highest BCUT2D eigenvalue weighted by Gasteiger charge is 2.40. The van der Waals surface area contributed by atoms with Gasteiger partial charge in [-0.25, -0.2) is 0 Å². The maximum atomic E-state index is 12.6. The lowest BCUT2D eigenvalue weighted by Gasteiger charge is -2.37. The first kappa shape index (κ1) is 18.0. The van der Waals surface area contributed by atoms with Gasteiger partial charge in [-0.3, -0.25) is 9.59 Å². The van der Waals surface area contributed by atoms with Gasteiger partial charge in [-0.2, -0.15) is 0 Å². The Labute approximate surface area is 141 Å². The second-order valence-electron chi connectivity index (χ2n) is 6.35. The monoisotopic (exact) mass is 332 g/mol. The number of hydrogen-bond acceptors (Lipinski definition) is 4. The third-order valence-electron chi connectivity index (χ3n) is 4.04. The van der Waals surface area contributed by atoms with E-state index in [0.29, 0.717) is 30.9 Å². The molecule has 0 spiro atoms. The number of ether oxygens (including phenoxy) is 1. The molecule has 1 saturated heterocycles. The summed E-state index contributed by atoms with van der Waals surface area (Å²) in [6.45, 7) is 4.81. The van der Waals surface area contributed by atoms with Crippen LogP contribution in [0.15, 0.2) is 35.9 Å². The largest absolute Gasteiger partial charge is 0.490 e. The minimum Gasteiger partial charge on any atom is -0.490 e. The van der Waals surface area contributed by atoms with Crippen LogP contribution >= 0.6 is 0 Å². The van der Waals surface area contributed by atoms with E-state index >= 15 is 0 Å². The number of amides is 2. The summed E-state index contributed by atoms with van der Waals surface area (Å²) in [5.41, 5.74) is 5.22. The first-order chi connectivity index (χ1) is 11.3. The fourth-order valence-electron chi connectivity index (χ4n) is 2.62. The van der Waals surface area contributed by atoms with Crippen molar-refractivity contribution in [2.75, 3.05) is 19.7 Å². The van der Waals surface area contributed by atoms with Crippen molar-refractivity contribution < 1.29 is 19.4 Å². The smallest absolute Gasteiger partial charge is 0.254 e. The molecule has 0 saturated carbocycles. The van der Waals surface area contributed by atoms with Crippen molar-refractivity contribution in [3.8, 4) is 5.75 Å². The number of primary amides is 1. The fraction of sp³-hybridized carbons (Fsp3) is 0.444. The van der Waals surface area contributed by atoms with Crippen LogP contribution in [0, 0.1) is 0 Å². The van der Waals surface area contributed by atoms with Gasteiger partial charge in [-0.05, 0) is 51.0 Å². The predicted molar refractivity (Wildman–Crippen MR) is 90.6 cm³/mol. The SMILES string of the molecule is CC(C)=CCOc1cccc(C(=O)N2CCC[C@@](O)(C(N)=O)C2)c1. The zero-order valence-corrected chi connectivity index (χ0v) is 14.1. The molecule has 6 nitrogen and oxygen atoms in total. The standard InChI is InChI=1S/C18H24N2O4/c1-13(2)7-10-24-15-6-3-5-14(11-15)16(21)20-9-4-8-18(23,12-20)17(19)22/h3,5-7,11,23H,4,8-10,12H2,1-2H3,(H2,19,22)/t18-/m0/s1. The molecule has 1 aliphatic rings. The lowest BCUT2D eigenvalue weighted by Crippen LogP contribution is -2.57. The van der Waals surface area contributed by atoms with Crippen molar-refractivity contribution in [2.24, 2.45) is 5.73 Å². The van der Waals surface area contributed by atoms with Gasteiger partial charge in [-0.1, -0.05) is 11.6 Å². The van der Waals surface area contributed by atoms with Crippen LogP contribution in [0.1, 0.15) is 37.0 Å². The van der Waals surface area contributed by atoms with Crippen LogP contribution < -0.4 is 10.5 Å². The minimum absolute atomic E-state index is 0.0793. The summed E-state index contributed by atoms with van der Waals surface area (Å²) >= 11 is 0. The van der Waals surface area contributed by atoms with Crippen molar-refractivity contribution in [1.29, 1.82) is 0 Å². The Bertz CT molecular complexity index is 652. The molecule has 0 aliphatic carbocycles. The molecular formula is C18H24N2O4. The molecule has 1 atom stereocenters. The number of β-amino-alcohol motifs (C(OH)–C–C–N with tert-alkyl or cyclic N) is 1. The molecule has 1 aromatic rings. The highest BCUT2D eigenvalue weighted by molar-refractivity contribution is 5.95. The van der Waals surface area contributed by atoms with Gasteiger partial charge in [0.2, 0.25) is 0 Å². The van der Waals surface area contributed by atoms with E-state index in [4.69, 9.17) is 10.5 Å². The Hall–Kier alpha value is -2.34. The highest BCUT2D eigenvalue weighted by atomic mass is 16.5. The number of allylic oxidation sites excluding steroid dienone is 1. The Kier molecular flexibility index (Phi) is 5.62. The maximum Gasteiger partial charge on any atom is 0.254 e. The number of likely N-dealkylation sites (tertiary alicyclic amines) is 1. The Morgan fingerprint density at radius 3 is 2.83 bits per heavy atom. The topological polar surface area (TPSA) is 92.9 Å². The van der Waals surface area contributed by atoms with E-state index in [1.807, 2.05) is 19.9 Å². The molecule has 6 heteroatoms. The third-order valence-corrected chi connectivity index (χ3v) is 4.04. The van der Waals surface area contributed by atoms with E-state index in [1.54, 1.807) is 24.3 Å². The van der Waals surface area contributed by atoms with Gasteiger partial charge in [0.25, 0.3) is 11.8 Å².